The topological polar surface area (TPSA) is 16.6 Å². The molecule has 1 nitrogen and oxygen atoms in total. The Bertz CT molecular complexity index is 224. The van der Waals surface area contributed by atoms with Crippen LogP contribution in [0.15, 0.2) is 30.3 Å². The molecule has 0 saturated carbocycles. The second kappa shape index (κ2) is 3.72. The number of benzene rings is 1. The molecule has 0 aromatic heterocycles. The third kappa shape index (κ3) is 1.86. The molecule has 12 heavy (non-hydrogen) atoms. The Morgan fingerprint density at radius 1 is 1.25 bits per heavy atom. The Hall–Kier alpha value is -0.820. The van der Waals surface area contributed by atoms with Crippen molar-refractivity contribution >= 4 is 0 Å². The summed E-state index contributed by atoms with van der Waals surface area (Å²) in [4.78, 5) is 0. The maximum atomic E-state index is 2.48. The Morgan fingerprint density at radius 2 is 2.08 bits per heavy atom. The molecule has 1 fully saturated rings. The average Bonchev–Trinajstić information content (AvgIpc) is 2.59. The van der Waals surface area contributed by atoms with E-state index in [4.69, 9.17) is 0 Å². The van der Waals surface area contributed by atoms with E-state index < -0.39 is 0 Å². The summed E-state index contributed by atoms with van der Waals surface area (Å²) in [6, 6.07) is 11.7. The van der Waals surface area contributed by atoms with Crippen molar-refractivity contribution in [2.45, 2.75) is 25.3 Å². The Labute approximate surface area is 73.8 Å². The van der Waals surface area contributed by atoms with Crippen molar-refractivity contribution in [3.05, 3.63) is 35.9 Å². The molecule has 0 unspecified atom stereocenters. The minimum Gasteiger partial charge on any atom is -0.344 e. The van der Waals surface area contributed by atoms with Gasteiger partial charge in [0.15, 0.2) is 0 Å². The summed E-state index contributed by atoms with van der Waals surface area (Å²) in [5.74, 6) is 0. The van der Waals surface area contributed by atoms with Crippen molar-refractivity contribution < 1.29 is 5.32 Å². The number of hydrogen-bond acceptors (Lipinski definition) is 0. The quantitative estimate of drug-likeness (QED) is 0.667. The van der Waals surface area contributed by atoms with E-state index in [-0.39, 0.29) is 0 Å². The van der Waals surface area contributed by atoms with Crippen molar-refractivity contribution in [1.29, 1.82) is 0 Å². The molecular weight excluding hydrogens is 146 g/mol. The Morgan fingerprint density at radius 3 is 2.75 bits per heavy atom. The highest BCUT2D eigenvalue weighted by Gasteiger charge is 2.17. The Kier molecular flexibility index (Phi) is 2.42. The fourth-order valence-electron chi connectivity index (χ4n) is 1.95. The molecule has 1 aliphatic rings. The van der Waals surface area contributed by atoms with Crippen LogP contribution >= 0.6 is 0 Å². The number of quaternary nitrogens is 1. The fourth-order valence-corrected chi connectivity index (χ4v) is 1.95. The van der Waals surface area contributed by atoms with Gasteiger partial charge in [-0.05, 0) is 5.56 Å². The smallest absolute Gasteiger partial charge is 0.0902 e. The summed E-state index contributed by atoms with van der Waals surface area (Å²) >= 11 is 0. The Balaban J connectivity index is 1.94. The van der Waals surface area contributed by atoms with Crippen LogP contribution in [0.25, 0.3) is 0 Å². The van der Waals surface area contributed by atoms with E-state index in [0.717, 1.165) is 6.04 Å². The van der Waals surface area contributed by atoms with Crippen LogP contribution in [0.2, 0.25) is 0 Å². The lowest BCUT2D eigenvalue weighted by atomic mass is 10.1. The minimum absolute atomic E-state index is 0.854. The van der Waals surface area contributed by atoms with Gasteiger partial charge in [-0.15, -0.1) is 0 Å². The first kappa shape index (κ1) is 7.81. The molecule has 64 valence electrons. The molecular formula is C11H16N+. The van der Waals surface area contributed by atoms with Gasteiger partial charge < -0.3 is 5.32 Å². The van der Waals surface area contributed by atoms with Crippen LogP contribution in [-0.4, -0.2) is 12.6 Å². The van der Waals surface area contributed by atoms with Gasteiger partial charge in [-0.2, -0.15) is 0 Å². The monoisotopic (exact) mass is 162 g/mol. The zero-order valence-corrected chi connectivity index (χ0v) is 7.37. The zero-order chi connectivity index (χ0) is 8.23. The van der Waals surface area contributed by atoms with Gasteiger partial charge in [0.25, 0.3) is 0 Å². The van der Waals surface area contributed by atoms with Crippen LogP contribution in [-0.2, 0) is 6.42 Å². The van der Waals surface area contributed by atoms with Crippen LogP contribution in [0.3, 0.4) is 0 Å². The van der Waals surface area contributed by atoms with Gasteiger partial charge in [-0.25, -0.2) is 0 Å². The molecule has 0 spiro atoms. The third-order valence-corrected chi connectivity index (χ3v) is 2.62. The highest BCUT2D eigenvalue weighted by molar-refractivity contribution is 5.15. The molecule has 1 atom stereocenters. The summed E-state index contributed by atoms with van der Waals surface area (Å²) in [5.41, 5.74) is 1.49. The van der Waals surface area contributed by atoms with Gasteiger partial charge in [-0.3, -0.25) is 0 Å². The lowest BCUT2D eigenvalue weighted by Crippen LogP contribution is -2.87. The summed E-state index contributed by atoms with van der Waals surface area (Å²) in [5, 5.41) is 2.48. The van der Waals surface area contributed by atoms with Crippen LogP contribution in [0.4, 0.5) is 0 Å². The van der Waals surface area contributed by atoms with Gasteiger partial charge in [0.1, 0.15) is 0 Å². The molecule has 1 heterocycles. The van der Waals surface area contributed by atoms with Crippen molar-refractivity contribution in [3.8, 4) is 0 Å². The highest BCUT2D eigenvalue weighted by atomic mass is 14.9. The first-order valence-corrected chi connectivity index (χ1v) is 4.82. The van der Waals surface area contributed by atoms with Gasteiger partial charge >= 0.3 is 0 Å². The summed E-state index contributed by atoms with van der Waals surface area (Å²) in [7, 11) is 0. The molecule has 2 rings (SSSR count). The van der Waals surface area contributed by atoms with E-state index in [1.54, 1.807) is 0 Å². The maximum Gasteiger partial charge on any atom is 0.0902 e. The molecule has 1 aliphatic heterocycles. The largest absolute Gasteiger partial charge is 0.344 e. The van der Waals surface area contributed by atoms with Gasteiger partial charge in [0.05, 0.1) is 12.6 Å². The summed E-state index contributed by atoms with van der Waals surface area (Å²) < 4.78 is 0. The standard InChI is InChI=1S/C11H15N/c1-2-5-10(6-3-1)9-11-7-4-8-12-11/h1-3,5-6,11-12H,4,7-9H2/p+1/t11-/m0/s1. The normalized spacial score (nSPS) is 22.8. The lowest BCUT2D eigenvalue weighted by Gasteiger charge is -2.05. The minimum atomic E-state index is 0.854. The van der Waals surface area contributed by atoms with Crippen molar-refractivity contribution in [2.75, 3.05) is 6.54 Å². The summed E-state index contributed by atoms with van der Waals surface area (Å²) in [6.07, 6.45) is 4.05. The van der Waals surface area contributed by atoms with Crippen LogP contribution in [0.5, 0.6) is 0 Å². The second-order valence-electron chi connectivity index (χ2n) is 3.62. The molecule has 2 N–H and O–H groups in total. The van der Waals surface area contributed by atoms with E-state index in [2.05, 4.69) is 35.6 Å². The number of rotatable bonds is 2. The van der Waals surface area contributed by atoms with Gasteiger partial charge in [-0.1, -0.05) is 30.3 Å². The van der Waals surface area contributed by atoms with Gasteiger partial charge in [0, 0.05) is 19.3 Å². The number of hydrogen-bond donors (Lipinski definition) is 1. The highest BCUT2D eigenvalue weighted by Crippen LogP contribution is 2.06. The summed E-state index contributed by atoms with van der Waals surface area (Å²) in [6.45, 7) is 1.33. The predicted molar refractivity (Wildman–Crippen MR) is 50.0 cm³/mol. The molecule has 1 aromatic rings. The van der Waals surface area contributed by atoms with E-state index in [1.807, 2.05) is 0 Å². The van der Waals surface area contributed by atoms with E-state index in [0.29, 0.717) is 0 Å². The first-order valence-electron chi connectivity index (χ1n) is 4.82. The molecule has 0 amide bonds. The first-order chi connectivity index (χ1) is 5.95. The van der Waals surface area contributed by atoms with Crippen molar-refractivity contribution in [2.24, 2.45) is 0 Å². The molecule has 0 bridgehead atoms. The van der Waals surface area contributed by atoms with Crippen LogP contribution in [0.1, 0.15) is 18.4 Å². The molecule has 1 heteroatoms. The van der Waals surface area contributed by atoms with E-state index >= 15 is 0 Å². The molecule has 0 radical (unpaired) electrons. The van der Waals surface area contributed by atoms with E-state index in [9.17, 15) is 0 Å². The molecule has 0 aliphatic carbocycles. The zero-order valence-electron chi connectivity index (χ0n) is 7.37. The SMILES string of the molecule is c1ccc(C[C@@H]2CCC[NH2+]2)cc1. The third-order valence-electron chi connectivity index (χ3n) is 2.62. The van der Waals surface area contributed by atoms with Crippen LogP contribution in [0, 0.1) is 0 Å². The number of nitrogens with two attached hydrogens (primary N) is 1. The fraction of sp³-hybridized carbons (Fsp3) is 0.455. The average molecular weight is 162 g/mol. The molecule has 1 saturated heterocycles. The van der Waals surface area contributed by atoms with Crippen molar-refractivity contribution in [1.82, 2.24) is 0 Å². The lowest BCUT2D eigenvalue weighted by molar-refractivity contribution is -0.669. The van der Waals surface area contributed by atoms with Gasteiger partial charge in [0.2, 0.25) is 0 Å². The van der Waals surface area contributed by atoms with Crippen molar-refractivity contribution in [3.63, 3.8) is 0 Å². The predicted octanol–water partition coefficient (Wildman–Crippen LogP) is 0.955. The maximum absolute atomic E-state index is 2.48. The molecule has 1 aromatic carbocycles. The van der Waals surface area contributed by atoms with E-state index in [1.165, 1.54) is 31.4 Å². The second-order valence-corrected chi connectivity index (χ2v) is 3.62. The van der Waals surface area contributed by atoms with Crippen LogP contribution < -0.4 is 5.32 Å².